The fourth-order valence-electron chi connectivity index (χ4n) is 0.988. The molecule has 0 saturated carbocycles. The van der Waals surface area contributed by atoms with Gasteiger partial charge in [-0.15, -0.1) is 6.42 Å². The zero-order valence-electron chi connectivity index (χ0n) is 8.74. The van der Waals surface area contributed by atoms with Crippen LogP contribution in [0.1, 0.15) is 26.6 Å². The van der Waals surface area contributed by atoms with Crippen molar-refractivity contribution in [2.24, 2.45) is 5.92 Å². The third-order valence-electron chi connectivity index (χ3n) is 1.65. The summed E-state index contributed by atoms with van der Waals surface area (Å²) in [5, 5.41) is 3.91. The van der Waals surface area contributed by atoms with Gasteiger partial charge >= 0.3 is 0 Å². The average molecular weight is 209 g/mol. The molecule has 1 heterocycles. The van der Waals surface area contributed by atoms with Crippen LogP contribution in [0.2, 0.25) is 0 Å². The first-order valence-electron chi connectivity index (χ1n) is 4.67. The number of nitrogens with zero attached hydrogens (tertiary/aromatic N) is 2. The van der Waals surface area contributed by atoms with Crippen LogP contribution in [0.5, 0.6) is 0 Å². The van der Waals surface area contributed by atoms with Crippen molar-refractivity contribution in [3.8, 4) is 12.3 Å². The molecule has 0 fully saturated rings. The Bertz CT molecular complexity index is 324. The van der Waals surface area contributed by atoms with Crippen molar-refractivity contribution in [3.63, 3.8) is 0 Å². The first kappa shape index (κ1) is 11.0. The third-order valence-corrected chi connectivity index (χ3v) is 2.33. The first-order valence-corrected chi connectivity index (χ1v) is 5.44. The van der Waals surface area contributed by atoms with E-state index in [0.29, 0.717) is 5.92 Å². The normalized spacial score (nSPS) is 12.5. The molecule has 1 atom stereocenters. The van der Waals surface area contributed by atoms with Gasteiger partial charge in [-0.3, -0.25) is 0 Å². The molecule has 0 aliphatic carbocycles. The van der Waals surface area contributed by atoms with E-state index >= 15 is 0 Å². The second-order valence-electron chi connectivity index (χ2n) is 3.65. The van der Waals surface area contributed by atoms with Crippen molar-refractivity contribution in [1.82, 2.24) is 9.36 Å². The fourth-order valence-corrected chi connectivity index (χ4v) is 1.67. The van der Waals surface area contributed by atoms with Crippen molar-refractivity contribution in [2.45, 2.75) is 33.2 Å². The Morgan fingerprint density at radius 3 is 2.79 bits per heavy atom. The Morgan fingerprint density at radius 2 is 2.21 bits per heavy atom. The maximum Gasteiger partial charge on any atom is 0.203 e. The monoisotopic (exact) mass is 209 g/mol. The van der Waals surface area contributed by atoms with Crippen molar-refractivity contribution < 1.29 is 0 Å². The Kier molecular flexibility index (Phi) is 3.90. The lowest BCUT2D eigenvalue weighted by Gasteiger charge is -2.03. The van der Waals surface area contributed by atoms with Crippen LogP contribution in [-0.2, 0) is 6.42 Å². The molecule has 0 spiro atoms. The van der Waals surface area contributed by atoms with Gasteiger partial charge in [0.2, 0.25) is 5.13 Å². The summed E-state index contributed by atoms with van der Waals surface area (Å²) in [6, 6.07) is 0.00912. The van der Waals surface area contributed by atoms with Gasteiger partial charge < -0.3 is 5.32 Å². The number of aromatic nitrogens is 2. The number of hydrogen-bond acceptors (Lipinski definition) is 4. The highest BCUT2D eigenvalue weighted by molar-refractivity contribution is 7.09. The molecule has 3 nitrogen and oxygen atoms in total. The molecule has 0 radical (unpaired) electrons. The smallest absolute Gasteiger partial charge is 0.203 e. The summed E-state index contributed by atoms with van der Waals surface area (Å²) in [7, 11) is 0. The van der Waals surface area contributed by atoms with Crippen molar-refractivity contribution in [1.29, 1.82) is 0 Å². The molecule has 14 heavy (non-hydrogen) atoms. The van der Waals surface area contributed by atoms with Crippen LogP contribution >= 0.6 is 11.5 Å². The summed E-state index contributed by atoms with van der Waals surface area (Å²) in [4.78, 5) is 4.34. The SMILES string of the molecule is C#CC(C)Nc1nc(CC(C)C)ns1. The van der Waals surface area contributed by atoms with Gasteiger partial charge in [-0.2, -0.15) is 4.37 Å². The standard InChI is InChI=1S/C10H15N3S/c1-5-8(4)11-10-12-9(13-14-10)6-7(2)3/h1,7-8H,6H2,2-4H3,(H,11,12,13). The van der Waals surface area contributed by atoms with E-state index in [1.165, 1.54) is 11.5 Å². The van der Waals surface area contributed by atoms with E-state index in [-0.39, 0.29) is 6.04 Å². The number of anilines is 1. The first-order chi connectivity index (χ1) is 6.61. The Labute approximate surface area is 89.1 Å². The summed E-state index contributed by atoms with van der Waals surface area (Å²) < 4.78 is 4.24. The van der Waals surface area contributed by atoms with Gasteiger partial charge in [-0.1, -0.05) is 19.8 Å². The van der Waals surface area contributed by atoms with Crippen LogP contribution in [0.4, 0.5) is 5.13 Å². The number of rotatable bonds is 4. The van der Waals surface area contributed by atoms with Crippen LogP contribution in [0.25, 0.3) is 0 Å². The van der Waals surface area contributed by atoms with Gasteiger partial charge in [0.1, 0.15) is 5.82 Å². The van der Waals surface area contributed by atoms with Crippen LogP contribution < -0.4 is 5.32 Å². The van der Waals surface area contributed by atoms with Gasteiger partial charge in [0.15, 0.2) is 0 Å². The number of terminal acetylenes is 1. The molecule has 1 N–H and O–H groups in total. The van der Waals surface area contributed by atoms with Gasteiger partial charge in [-0.05, 0) is 12.8 Å². The molecule has 0 aliphatic heterocycles. The summed E-state index contributed by atoms with van der Waals surface area (Å²) in [6.45, 7) is 6.22. The maximum atomic E-state index is 5.25. The van der Waals surface area contributed by atoms with Gasteiger partial charge in [0, 0.05) is 18.0 Å². The van der Waals surface area contributed by atoms with Gasteiger partial charge in [0.25, 0.3) is 0 Å². The lowest BCUT2D eigenvalue weighted by atomic mass is 10.1. The van der Waals surface area contributed by atoms with E-state index in [9.17, 15) is 0 Å². The molecule has 0 amide bonds. The highest BCUT2D eigenvalue weighted by Gasteiger charge is 2.06. The summed E-state index contributed by atoms with van der Waals surface area (Å²) >= 11 is 1.37. The van der Waals surface area contributed by atoms with Crippen LogP contribution in [0, 0.1) is 18.3 Å². The lowest BCUT2D eigenvalue weighted by Crippen LogP contribution is -2.11. The second kappa shape index (κ2) is 4.97. The minimum absolute atomic E-state index is 0.00912. The lowest BCUT2D eigenvalue weighted by molar-refractivity contribution is 0.627. The van der Waals surface area contributed by atoms with Gasteiger partial charge in [-0.25, -0.2) is 4.98 Å². The molecule has 1 aromatic rings. The average Bonchev–Trinajstić information content (AvgIpc) is 2.51. The van der Waals surface area contributed by atoms with E-state index in [0.717, 1.165) is 17.4 Å². The molecule has 1 aromatic heterocycles. The van der Waals surface area contributed by atoms with Gasteiger partial charge in [0.05, 0.1) is 6.04 Å². The molecular formula is C10H15N3S. The molecule has 76 valence electrons. The molecule has 1 rings (SSSR count). The molecule has 0 aliphatic rings. The van der Waals surface area contributed by atoms with E-state index in [4.69, 9.17) is 6.42 Å². The predicted octanol–water partition coefficient (Wildman–Crippen LogP) is 2.17. The molecule has 0 bridgehead atoms. The minimum Gasteiger partial charge on any atom is -0.347 e. The van der Waals surface area contributed by atoms with Crippen molar-refractivity contribution in [2.75, 3.05) is 5.32 Å². The second-order valence-corrected chi connectivity index (χ2v) is 4.40. The highest BCUT2D eigenvalue weighted by Crippen LogP contribution is 2.14. The van der Waals surface area contributed by atoms with Crippen LogP contribution in [0.3, 0.4) is 0 Å². The van der Waals surface area contributed by atoms with Crippen LogP contribution in [-0.4, -0.2) is 15.4 Å². The summed E-state index contributed by atoms with van der Waals surface area (Å²) in [5.41, 5.74) is 0. The van der Waals surface area contributed by atoms with Crippen molar-refractivity contribution >= 4 is 16.7 Å². The minimum atomic E-state index is 0.00912. The molecule has 1 unspecified atom stereocenters. The fraction of sp³-hybridized carbons (Fsp3) is 0.600. The maximum absolute atomic E-state index is 5.25. The topological polar surface area (TPSA) is 37.8 Å². The van der Waals surface area contributed by atoms with E-state index in [1.807, 2.05) is 6.92 Å². The molecule has 0 saturated heterocycles. The third kappa shape index (κ3) is 3.35. The van der Waals surface area contributed by atoms with E-state index < -0.39 is 0 Å². The quantitative estimate of drug-likeness (QED) is 0.772. The number of hydrogen-bond donors (Lipinski definition) is 1. The zero-order valence-corrected chi connectivity index (χ0v) is 9.56. The molecular weight excluding hydrogens is 194 g/mol. The van der Waals surface area contributed by atoms with E-state index in [2.05, 4.69) is 34.4 Å². The van der Waals surface area contributed by atoms with Crippen molar-refractivity contribution in [3.05, 3.63) is 5.82 Å². The Balaban J connectivity index is 2.56. The predicted molar refractivity (Wildman–Crippen MR) is 60.4 cm³/mol. The summed E-state index contributed by atoms with van der Waals surface area (Å²) in [5.74, 6) is 4.08. The summed E-state index contributed by atoms with van der Waals surface area (Å²) in [6.07, 6.45) is 6.17. The highest BCUT2D eigenvalue weighted by atomic mass is 32.1. The zero-order chi connectivity index (χ0) is 10.6. The molecule has 4 heteroatoms. The Hall–Kier alpha value is -1.08. The van der Waals surface area contributed by atoms with E-state index in [1.54, 1.807) is 0 Å². The van der Waals surface area contributed by atoms with Crippen LogP contribution in [0.15, 0.2) is 0 Å². The Morgan fingerprint density at radius 1 is 1.50 bits per heavy atom. The largest absolute Gasteiger partial charge is 0.347 e. The molecule has 0 aromatic carbocycles. The number of nitrogens with one attached hydrogen (secondary N) is 1.